The van der Waals surface area contributed by atoms with E-state index in [0.29, 0.717) is 68.4 Å². The van der Waals surface area contributed by atoms with Gasteiger partial charge in [-0.3, -0.25) is 0 Å². The lowest BCUT2D eigenvalue weighted by Crippen LogP contribution is -2.13. The molecule has 9 heteroatoms. The quantitative estimate of drug-likeness (QED) is 0.312. The van der Waals surface area contributed by atoms with Gasteiger partial charge < -0.3 is 42.6 Å². The second kappa shape index (κ2) is 12.2. The van der Waals surface area contributed by atoms with Gasteiger partial charge in [0.05, 0.1) is 69.9 Å². The van der Waals surface area contributed by atoms with Gasteiger partial charge >= 0.3 is 0 Å². The van der Waals surface area contributed by atoms with E-state index >= 15 is 0 Å². The van der Waals surface area contributed by atoms with Crippen molar-refractivity contribution in [1.82, 2.24) is 0 Å². The highest BCUT2D eigenvalue weighted by Crippen LogP contribution is 2.55. The molecular weight excluding hydrogens is 480 g/mol. The van der Waals surface area contributed by atoms with Gasteiger partial charge in [-0.25, -0.2) is 0 Å². The summed E-state index contributed by atoms with van der Waals surface area (Å²) in [5.41, 5.74) is 2.03. The molecule has 200 valence electrons. The van der Waals surface area contributed by atoms with E-state index in [2.05, 4.69) is 0 Å². The van der Waals surface area contributed by atoms with Crippen molar-refractivity contribution in [2.24, 2.45) is 0 Å². The van der Waals surface area contributed by atoms with Gasteiger partial charge in [0.25, 0.3) is 0 Å². The average Bonchev–Trinajstić information content (AvgIpc) is 2.96. The molecule has 0 aliphatic rings. The van der Waals surface area contributed by atoms with Crippen molar-refractivity contribution in [2.75, 3.05) is 64.0 Å². The van der Waals surface area contributed by atoms with Gasteiger partial charge in [0, 0.05) is 53.1 Å². The Morgan fingerprint density at radius 2 is 0.514 bits per heavy atom. The van der Waals surface area contributed by atoms with Gasteiger partial charge in [-0.2, -0.15) is 0 Å². The largest absolute Gasteiger partial charge is 0.496 e. The van der Waals surface area contributed by atoms with Crippen LogP contribution in [0, 0.1) is 0 Å². The van der Waals surface area contributed by atoms with E-state index in [1.54, 1.807) is 100 Å². The van der Waals surface area contributed by atoms with Gasteiger partial charge in [-0.1, -0.05) is 0 Å². The van der Waals surface area contributed by atoms with E-state index in [1.807, 2.05) is 0 Å². The second-order valence-corrected chi connectivity index (χ2v) is 7.77. The summed E-state index contributed by atoms with van der Waals surface area (Å²) in [4.78, 5) is 0. The van der Waals surface area contributed by atoms with Crippen LogP contribution in [0.1, 0.15) is 22.6 Å². The van der Waals surface area contributed by atoms with Crippen molar-refractivity contribution in [1.29, 1.82) is 0 Å². The van der Waals surface area contributed by atoms with Crippen LogP contribution in [0.2, 0.25) is 0 Å². The van der Waals surface area contributed by atoms with Crippen LogP contribution in [-0.4, -0.2) is 64.0 Å². The molecule has 37 heavy (non-hydrogen) atoms. The zero-order valence-electron chi connectivity index (χ0n) is 22.7. The number of methoxy groups -OCH3 is 9. The van der Waals surface area contributed by atoms with E-state index in [9.17, 15) is 0 Å². The van der Waals surface area contributed by atoms with Crippen molar-refractivity contribution in [2.45, 2.75) is 5.92 Å². The third-order valence-corrected chi connectivity index (χ3v) is 6.13. The van der Waals surface area contributed by atoms with E-state index in [4.69, 9.17) is 42.6 Å². The first-order valence-electron chi connectivity index (χ1n) is 11.3. The van der Waals surface area contributed by atoms with Crippen LogP contribution >= 0.6 is 0 Å². The lowest BCUT2D eigenvalue weighted by Gasteiger charge is -2.29. The Morgan fingerprint density at radius 3 is 0.649 bits per heavy atom. The van der Waals surface area contributed by atoms with Crippen LogP contribution in [0.15, 0.2) is 36.4 Å². The third kappa shape index (κ3) is 5.21. The Kier molecular flexibility index (Phi) is 9.05. The molecule has 0 N–H and O–H groups in total. The van der Waals surface area contributed by atoms with Gasteiger partial charge in [0.1, 0.15) is 51.7 Å². The molecule has 0 aliphatic heterocycles. The maximum atomic E-state index is 5.87. The Hall–Kier alpha value is -4.14. The standard InChI is InChI=1S/C28H34O9/c1-29-16-10-19(32-4)25(20(11-16)33-5)28(26-21(34-6)12-17(30-2)13-22(26)35-7)27-23(36-8)14-18(31-3)15-24(27)37-9/h10-15,28H,1-9H3. The summed E-state index contributed by atoms with van der Waals surface area (Å²) in [6, 6.07) is 10.7. The maximum Gasteiger partial charge on any atom is 0.130 e. The molecule has 0 unspecified atom stereocenters. The minimum Gasteiger partial charge on any atom is -0.496 e. The molecule has 0 atom stereocenters. The molecule has 0 saturated heterocycles. The summed E-state index contributed by atoms with van der Waals surface area (Å²) in [5.74, 6) is 4.17. The molecular formula is C28H34O9. The lowest BCUT2D eigenvalue weighted by molar-refractivity contribution is 0.351. The van der Waals surface area contributed by atoms with Crippen molar-refractivity contribution >= 4 is 0 Å². The van der Waals surface area contributed by atoms with Crippen LogP contribution in [0.4, 0.5) is 0 Å². The molecule has 3 aromatic rings. The summed E-state index contributed by atoms with van der Waals surface area (Å²) in [6.07, 6.45) is 0. The topological polar surface area (TPSA) is 83.1 Å². The summed E-state index contributed by atoms with van der Waals surface area (Å²) in [6.45, 7) is 0. The molecule has 9 nitrogen and oxygen atoms in total. The first kappa shape index (κ1) is 27.4. The number of hydrogen-bond donors (Lipinski definition) is 0. The highest BCUT2D eigenvalue weighted by Gasteiger charge is 2.36. The molecule has 0 heterocycles. The first-order chi connectivity index (χ1) is 17.9. The predicted molar refractivity (Wildman–Crippen MR) is 139 cm³/mol. The van der Waals surface area contributed by atoms with Gasteiger partial charge in [0.2, 0.25) is 0 Å². The van der Waals surface area contributed by atoms with Crippen LogP contribution in [0.3, 0.4) is 0 Å². The molecule has 0 aromatic heterocycles. The summed E-state index contributed by atoms with van der Waals surface area (Å²) < 4.78 is 51.7. The van der Waals surface area contributed by atoms with Crippen molar-refractivity contribution in [3.05, 3.63) is 53.1 Å². The predicted octanol–water partition coefficient (Wildman–Crippen LogP) is 4.94. The van der Waals surface area contributed by atoms with Crippen molar-refractivity contribution in [3.8, 4) is 51.7 Å². The Bertz CT molecular complexity index is 996. The van der Waals surface area contributed by atoms with E-state index in [0.717, 1.165) is 0 Å². The Morgan fingerprint density at radius 1 is 0.324 bits per heavy atom. The van der Waals surface area contributed by atoms with Gasteiger partial charge in [-0.05, 0) is 0 Å². The average molecular weight is 515 g/mol. The molecule has 0 saturated carbocycles. The first-order valence-corrected chi connectivity index (χ1v) is 11.3. The Balaban J connectivity index is 2.59. The van der Waals surface area contributed by atoms with E-state index in [-0.39, 0.29) is 0 Å². The fourth-order valence-electron chi connectivity index (χ4n) is 4.38. The summed E-state index contributed by atoms with van der Waals surface area (Å²) in [7, 11) is 14.2. The molecule has 0 spiro atoms. The summed E-state index contributed by atoms with van der Waals surface area (Å²) >= 11 is 0. The highest BCUT2D eigenvalue weighted by molar-refractivity contribution is 5.69. The van der Waals surface area contributed by atoms with Crippen LogP contribution in [-0.2, 0) is 0 Å². The molecule has 0 amide bonds. The van der Waals surface area contributed by atoms with E-state index in [1.165, 1.54) is 0 Å². The van der Waals surface area contributed by atoms with Crippen molar-refractivity contribution in [3.63, 3.8) is 0 Å². The highest BCUT2D eigenvalue weighted by atomic mass is 16.5. The second-order valence-electron chi connectivity index (χ2n) is 7.77. The van der Waals surface area contributed by atoms with Gasteiger partial charge in [0.15, 0.2) is 0 Å². The number of rotatable bonds is 12. The fraction of sp³-hybridized carbons (Fsp3) is 0.357. The van der Waals surface area contributed by atoms with Gasteiger partial charge in [-0.15, -0.1) is 0 Å². The summed E-state index contributed by atoms with van der Waals surface area (Å²) in [5, 5.41) is 0. The van der Waals surface area contributed by atoms with E-state index < -0.39 is 5.92 Å². The van der Waals surface area contributed by atoms with Crippen LogP contribution in [0.5, 0.6) is 51.7 Å². The van der Waals surface area contributed by atoms with Crippen LogP contribution in [0.25, 0.3) is 0 Å². The van der Waals surface area contributed by atoms with Crippen molar-refractivity contribution < 1.29 is 42.6 Å². The zero-order chi connectivity index (χ0) is 27.1. The molecule has 0 bridgehead atoms. The number of benzene rings is 3. The number of hydrogen-bond acceptors (Lipinski definition) is 9. The molecule has 0 fully saturated rings. The zero-order valence-corrected chi connectivity index (χ0v) is 22.7. The smallest absolute Gasteiger partial charge is 0.130 e. The third-order valence-electron chi connectivity index (χ3n) is 6.13. The minimum atomic E-state index is -0.623. The SMILES string of the molecule is COc1cc(OC)c(C(c2c(OC)cc(OC)cc2OC)c2c(OC)cc(OC)cc2OC)c(OC)c1. The normalized spacial score (nSPS) is 10.5. The minimum absolute atomic E-state index is 0.515. The fourth-order valence-corrected chi connectivity index (χ4v) is 4.38. The number of ether oxygens (including phenoxy) is 9. The molecule has 0 radical (unpaired) electrons. The molecule has 3 rings (SSSR count). The van der Waals surface area contributed by atoms with Crippen LogP contribution < -0.4 is 42.6 Å². The molecule has 0 aliphatic carbocycles. The monoisotopic (exact) mass is 514 g/mol. The molecule has 3 aromatic carbocycles. The lowest BCUT2D eigenvalue weighted by atomic mass is 9.81. The Labute approximate surface area is 217 Å². The maximum absolute atomic E-state index is 5.87.